The van der Waals surface area contributed by atoms with E-state index in [9.17, 15) is 15.3 Å². The van der Waals surface area contributed by atoms with Crippen LogP contribution >= 0.6 is 0 Å². The minimum Gasteiger partial charge on any atom is -0.508 e. The van der Waals surface area contributed by atoms with Crippen molar-refractivity contribution in [1.29, 1.82) is 0 Å². The third-order valence-corrected chi connectivity index (χ3v) is 2.50. The third kappa shape index (κ3) is 3.90. The molecule has 0 radical (unpaired) electrons. The Kier molecular flexibility index (Phi) is 4.59. The van der Waals surface area contributed by atoms with Gasteiger partial charge in [-0.1, -0.05) is 19.1 Å². The number of aromatic hydroxyl groups is 1. The molecular formula is C12H18O3. The molecule has 0 aliphatic heterocycles. The van der Waals surface area contributed by atoms with Crippen molar-refractivity contribution < 1.29 is 15.3 Å². The van der Waals surface area contributed by atoms with Gasteiger partial charge in [0.25, 0.3) is 0 Å². The Bertz CT molecular complexity index is 299. The zero-order valence-corrected chi connectivity index (χ0v) is 8.93. The van der Waals surface area contributed by atoms with Crippen molar-refractivity contribution in [2.45, 2.75) is 38.4 Å². The SMILES string of the molecule is CCC(O)C(O)CCc1cccc(O)c1. The van der Waals surface area contributed by atoms with Crippen molar-refractivity contribution in [3.8, 4) is 5.75 Å². The standard InChI is InChI=1S/C12H18O3/c1-2-11(14)12(15)7-6-9-4-3-5-10(13)8-9/h3-5,8,11-15H,2,6-7H2,1H3. The highest BCUT2D eigenvalue weighted by molar-refractivity contribution is 5.27. The van der Waals surface area contributed by atoms with Crippen LogP contribution in [0.3, 0.4) is 0 Å². The molecule has 2 unspecified atom stereocenters. The van der Waals surface area contributed by atoms with Gasteiger partial charge in [0, 0.05) is 0 Å². The lowest BCUT2D eigenvalue weighted by molar-refractivity contribution is 0.0130. The quantitative estimate of drug-likeness (QED) is 0.689. The van der Waals surface area contributed by atoms with Gasteiger partial charge in [0.2, 0.25) is 0 Å². The van der Waals surface area contributed by atoms with Crippen LogP contribution in [0.1, 0.15) is 25.3 Å². The number of rotatable bonds is 5. The van der Waals surface area contributed by atoms with E-state index in [1.165, 1.54) is 0 Å². The van der Waals surface area contributed by atoms with E-state index in [1.54, 1.807) is 18.2 Å². The van der Waals surface area contributed by atoms with Crippen molar-refractivity contribution >= 4 is 0 Å². The molecule has 0 saturated heterocycles. The van der Waals surface area contributed by atoms with E-state index in [2.05, 4.69) is 0 Å². The van der Waals surface area contributed by atoms with E-state index in [1.807, 2.05) is 13.0 Å². The second kappa shape index (κ2) is 5.73. The predicted octanol–water partition coefficient (Wildman–Crippen LogP) is 1.46. The molecular weight excluding hydrogens is 192 g/mol. The first-order valence-electron chi connectivity index (χ1n) is 5.27. The van der Waals surface area contributed by atoms with Gasteiger partial charge in [0.1, 0.15) is 5.75 Å². The zero-order valence-electron chi connectivity index (χ0n) is 8.93. The van der Waals surface area contributed by atoms with Crippen LogP contribution in [0.25, 0.3) is 0 Å². The minimum atomic E-state index is -0.683. The molecule has 0 aromatic heterocycles. The fraction of sp³-hybridized carbons (Fsp3) is 0.500. The van der Waals surface area contributed by atoms with Gasteiger partial charge in [-0.15, -0.1) is 0 Å². The van der Waals surface area contributed by atoms with E-state index in [-0.39, 0.29) is 5.75 Å². The molecule has 3 N–H and O–H groups in total. The smallest absolute Gasteiger partial charge is 0.115 e. The summed E-state index contributed by atoms with van der Waals surface area (Å²) in [7, 11) is 0. The Morgan fingerprint density at radius 2 is 1.93 bits per heavy atom. The molecule has 15 heavy (non-hydrogen) atoms. The Balaban J connectivity index is 2.43. The molecule has 3 heteroatoms. The highest BCUT2D eigenvalue weighted by Gasteiger charge is 2.13. The Morgan fingerprint density at radius 3 is 2.53 bits per heavy atom. The van der Waals surface area contributed by atoms with Gasteiger partial charge in [0.05, 0.1) is 12.2 Å². The summed E-state index contributed by atoms with van der Waals surface area (Å²) in [4.78, 5) is 0. The van der Waals surface area contributed by atoms with Crippen LogP contribution < -0.4 is 0 Å². The monoisotopic (exact) mass is 210 g/mol. The molecule has 0 saturated carbocycles. The molecule has 0 aliphatic carbocycles. The summed E-state index contributed by atoms with van der Waals surface area (Å²) < 4.78 is 0. The molecule has 0 aliphatic rings. The van der Waals surface area contributed by atoms with E-state index >= 15 is 0 Å². The van der Waals surface area contributed by atoms with Crippen molar-refractivity contribution in [3.63, 3.8) is 0 Å². The Labute approximate surface area is 90.0 Å². The van der Waals surface area contributed by atoms with Crippen LogP contribution in [0, 0.1) is 0 Å². The van der Waals surface area contributed by atoms with Crippen LogP contribution in [-0.2, 0) is 6.42 Å². The van der Waals surface area contributed by atoms with Crippen LogP contribution in [0.15, 0.2) is 24.3 Å². The van der Waals surface area contributed by atoms with E-state index in [0.29, 0.717) is 19.3 Å². The van der Waals surface area contributed by atoms with Crippen LogP contribution in [0.2, 0.25) is 0 Å². The van der Waals surface area contributed by atoms with Gasteiger partial charge in [-0.25, -0.2) is 0 Å². The second-order valence-corrected chi connectivity index (χ2v) is 3.75. The molecule has 0 fully saturated rings. The highest BCUT2D eigenvalue weighted by atomic mass is 16.3. The molecule has 0 spiro atoms. The molecule has 1 aromatic carbocycles. The third-order valence-electron chi connectivity index (χ3n) is 2.50. The maximum absolute atomic E-state index is 9.54. The first kappa shape index (κ1) is 12.0. The maximum atomic E-state index is 9.54. The molecule has 0 bridgehead atoms. The summed E-state index contributed by atoms with van der Waals surface area (Å²) in [5, 5.41) is 28.1. The average Bonchev–Trinajstić information content (AvgIpc) is 2.25. The number of phenolic OH excluding ortho intramolecular Hbond substituents is 1. The zero-order chi connectivity index (χ0) is 11.3. The van der Waals surface area contributed by atoms with Crippen LogP contribution in [-0.4, -0.2) is 27.5 Å². The lowest BCUT2D eigenvalue weighted by Crippen LogP contribution is -2.25. The summed E-state index contributed by atoms with van der Waals surface area (Å²) in [6, 6.07) is 6.95. The van der Waals surface area contributed by atoms with Gasteiger partial charge >= 0.3 is 0 Å². The van der Waals surface area contributed by atoms with Crippen molar-refractivity contribution in [2.75, 3.05) is 0 Å². The predicted molar refractivity (Wildman–Crippen MR) is 58.7 cm³/mol. The normalized spacial score (nSPS) is 14.9. The first-order chi connectivity index (χ1) is 7.13. The Hall–Kier alpha value is -1.06. The van der Waals surface area contributed by atoms with Crippen molar-refractivity contribution in [2.24, 2.45) is 0 Å². The molecule has 2 atom stereocenters. The highest BCUT2D eigenvalue weighted by Crippen LogP contribution is 2.14. The largest absolute Gasteiger partial charge is 0.508 e. The number of aliphatic hydroxyl groups excluding tert-OH is 2. The molecule has 3 nitrogen and oxygen atoms in total. The summed E-state index contributed by atoms with van der Waals surface area (Å²) in [6.07, 6.45) is 0.395. The lowest BCUT2D eigenvalue weighted by atomic mass is 10.0. The van der Waals surface area contributed by atoms with Crippen LogP contribution in [0.4, 0.5) is 0 Å². The molecule has 1 rings (SSSR count). The average molecular weight is 210 g/mol. The summed E-state index contributed by atoms with van der Waals surface area (Å²) in [5.74, 6) is 0.234. The van der Waals surface area contributed by atoms with Gasteiger partial charge in [-0.2, -0.15) is 0 Å². The van der Waals surface area contributed by atoms with Gasteiger partial charge < -0.3 is 15.3 Å². The number of aliphatic hydroxyl groups is 2. The van der Waals surface area contributed by atoms with Gasteiger partial charge in [-0.05, 0) is 37.0 Å². The number of phenols is 1. The van der Waals surface area contributed by atoms with Crippen molar-refractivity contribution in [3.05, 3.63) is 29.8 Å². The second-order valence-electron chi connectivity index (χ2n) is 3.75. The summed E-state index contributed by atoms with van der Waals surface area (Å²) >= 11 is 0. The lowest BCUT2D eigenvalue weighted by Gasteiger charge is -2.15. The number of aryl methyl sites for hydroxylation is 1. The molecule has 1 aromatic rings. The topological polar surface area (TPSA) is 60.7 Å². The molecule has 0 amide bonds. The fourth-order valence-electron chi connectivity index (χ4n) is 1.49. The molecule has 84 valence electrons. The van der Waals surface area contributed by atoms with E-state index in [4.69, 9.17) is 0 Å². The van der Waals surface area contributed by atoms with Crippen molar-refractivity contribution in [1.82, 2.24) is 0 Å². The number of benzene rings is 1. The van der Waals surface area contributed by atoms with E-state index < -0.39 is 12.2 Å². The number of hydrogen-bond donors (Lipinski definition) is 3. The number of hydrogen-bond acceptors (Lipinski definition) is 3. The first-order valence-corrected chi connectivity index (χ1v) is 5.27. The van der Waals surface area contributed by atoms with Gasteiger partial charge in [0.15, 0.2) is 0 Å². The maximum Gasteiger partial charge on any atom is 0.115 e. The summed E-state index contributed by atoms with van der Waals surface area (Å²) in [5.41, 5.74) is 0.970. The Morgan fingerprint density at radius 1 is 1.20 bits per heavy atom. The fourth-order valence-corrected chi connectivity index (χ4v) is 1.49. The van der Waals surface area contributed by atoms with Crippen LogP contribution in [0.5, 0.6) is 5.75 Å². The van der Waals surface area contributed by atoms with Gasteiger partial charge in [-0.3, -0.25) is 0 Å². The summed E-state index contributed by atoms with van der Waals surface area (Å²) in [6.45, 7) is 1.84. The minimum absolute atomic E-state index is 0.234. The van der Waals surface area contributed by atoms with E-state index in [0.717, 1.165) is 5.56 Å². The molecule has 0 heterocycles.